The number of benzene rings is 1. The predicted octanol–water partition coefficient (Wildman–Crippen LogP) is 1.45. The molecule has 0 fully saturated rings. The van der Waals surface area contributed by atoms with Crippen LogP contribution >= 0.6 is 11.6 Å². The number of hydrogen-bond acceptors (Lipinski definition) is 4. The number of hydrogen-bond donors (Lipinski definition) is 2. The largest absolute Gasteiger partial charge is 0.496 e. The maximum atomic E-state index is 9.12. The molecule has 0 aliphatic carbocycles. The molecular weight excluding hydrogens is 242 g/mol. The number of nitrogens with one attached hydrogen (secondary N) is 1. The van der Waals surface area contributed by atoms with Crippen molar-refractivity contribution < 1.29 is 14.6 Å². The summed E-state index contributed by atoms with van der Waals surface area (Å²) in [6, 6.07) is 5.35. The van der Waals surface area contributed by atoms with Gasteiger partial charge < -0.3 is 19.9 Å². The van der Waals surface area contributed by atoms with E-state index in [1.54, 1.807) is 20.3 Å². The highest BCUT2D eigenvalue weighted by Gasteiger charge is 2.09. The van der Waals surface area contributed by atoms with Gasteiger partial charge in [0, 0.05) is 24.2 Å². The summed E-state index contributed by atoms with van der Waals surface area (Å²) < 4.78 is 10.2. The molecule has 17 heavy (non-hydrogen) atoms. The maximum absolute atomic E-state index is 9.12. The van der Waals surface area contributed by atoms with E-state index in [2.05, 4.69) is 5.32 Å². The van der Waals surface area contributed by atoms with Crippen molar-refractivity contribution >= 4 is 11.6 Å². The Hall–Kier alpha value is -0.810. The Balaban J connectivity index is 2.63. The highest BCUT2D eigenvalue weighted by Crippen LogP contribution is 2.22. The molecule has 1 unspecified atom stereocenters. The van der Waals surface area contributed by atoms with E-state index in [1.165, 1.54) is 0 Å². The predicted molar refractivity (Wildman–Crippen MR) is 67.6 cm³/mol. The van der Waals surface area contributed by atoms with Crippen LogP contribution in [0.1, 0.15) is 5.56 Å². The minimum Gasteiger partial charge on any atom is -0.496 e. The monoisotopic (exact) mass is 259 g/mol. The van der Waals surface area contributed by atoms with Gasteiger partial charge in [0.15, 0.2) is 0 Å². The van der Waals surface area contributed by atoms with Crippen molar-refractivity contribution in [3.8, 4) is 5.75 Å². The molecule has 2 N–H and O–H groups in total. The lowest BCUT2D eigenvalue weighted by molar-refractivity contribution is 0.128. The third kappa shape index (κ3) is 4.52. The number of aliphatic hydroxyl groups is 1. The first-order valence-electron chi connectivity index (χ1n) is 5.36. The van der Waals surface area contributed by atoms with Gasteiger partial charge in [-0.25, -0.2) is 0 Å². The molecule has 96 valence electrons. The van der Waals surface area contributed by atoms with E-state index in [0.717, 1.165) is 11.3 Å². The fraction of sp³-hybridized carbons (Fsp3) is 0.500. The summed E-state index contributed by atoms with van der Waals surface area (Å²) in [6.45, 7) is 1.05. The summed E-state index contributed by atoms with van der Waals surface area (Å²) in [4.78, 5) is 0. The van der Waals surface area contributed by atoms with Crippen molar-refractivity contribution in [1.29, 1.82) is 0 Å². The molecule has 1 rings (SSSR count). The van der Waals surface area contributed by atoms with Crippen LogP contribution in [-0.4, -0.2) is 38.6 Å². The van der Waals surface area contributed by atoms with Gasteiger partial charge in [0.05, 0.1) is 26.4 Å². The average Bonchev–Trinajstić information content (AvgIpc) is 2.34. The van der Waals surface area contributed by atoms with Crippen molar-refractivity contribution in [2.24, 2.45) is 0 Å². The first-order valence-corrected chi connectivity index (χ1v) is 5.74. The summed E-state index contributed by atoms with van der Waals surface area (Å²) in [5, 5.41) is 13.0. The quantitative estimate of drug-likeness (QED) is 0.778. The van der Waals surface area contributed by atoms with Gasteiger partial charge in [-0.1, -0.05) is 11.6 Å². The van der Waals surface area contributed by atoms with Crippen LogP contribution in [0.25, 0.3) is 0 Å². The third-order valence-corrected chi connectivity index (χ3v) is 2.65. The molecule has 0 aliphatic rings. The van der Waals surface area contributed by atoms with Crippen LogP contribution in [0.4, 0.5) is 0 Å². The molecule has 4 nitrogen and oxygen atoms in total. The van der Waals surface area contributed by atoms with Crippen LogP contribution in [0.3, 0.4) is 0 Å². The number of halogens is 1. The van der Waals surface area contributed by atoms with E-state index in [1.807, 2.05) is 12.1 Å². The van der Waals surface area contributed by atoms with Crippen molar-refractivity contribution in [2.45, 2.75) is 12.6 Å². The topological polar surface area (TPSA) is 50.7 Å². The minimum absolute atomic E-state index is 0.0245. The Labute approximate surface area is 106 Å². The number of rotatable bonds is 7. The van der Waals surface area contributed by atoms with Gasteiger partial charge in [-0.3, -0.25) is 0 Å². The molecule has 0 bridgehead atoms. The molecule has 0 saturated carbocycles. The first kappa shape index (κ1) is 14.3. The maximum Gasteiger partial charge on any atom is 0.123 e. The Kier molecular flexibility index (Phi) is 6.29. The first-order chi connectivity index (χ1) is 8.21. The summed E-state index contributed by atoms with van der Waals surface area (Å²) >= 11 is 5.93. The molecule has 0 saturated heterocycles. The van der Waals surface area contributed by atoms with Crippen molar-refractivity contribution in [3.05, 3.63) is 28.8 Å². The van der Waals surface area contributed by atoms with Gasteiger partial charge in [-0.15, -0.1) is 0 Å². The highest BCUT2D eigenvalue weighted by atomic mass is 35.5. The Morgan fingerprint density at radius 1 is 1.41 bits per heavy atom. The van der Waals surface area contributed by atoms with E-state index in [0.29, 0.717) is 18.2 Å². The standard InChI is InChI=1S/C12H18ClNO3/c1-16-8-11(7-15)14-6-9-5-10(13)3-4-12(9)17-2/h3-5,11,14-15H,6-8H2,1-2H3. The zero-order chi connectivity index (χ0) is 12.7. The summed E-state index contributed by atoms with van der Waals surface area (Å²) in [5.41, 5.74) is 0.953. The fourth-order valence-corrected chi connectivity index (χ4v) is 1.71. The van der Waals surface area contributed by atoms with Gasteiger partial charge in [0.1, 0.15) is 5.75 Å². The summed E-state index contributed by atoms with van der Waals surface area (Å²) in [5.74, 6) is 0.774. The Morgan fingerprint density at radius 2 is 2.18 bits per heavy atom. The van der Waals surface area contributed by atoms with Crippen molar-refractivity contribution in [2.75, 3.05) is 27.4 Å². The van der Waals surface area contributed by atoms with Gasteiger partial charge >= 0.3 is 0 Å². The molecule has 0 spiro atoms. The van der Waals surface area contributed by atoms with Crippen LogP contribution in [0.15, 0.2) is 18.2 Å². The fourth-order valence-electron chi connectivity index (χ4n) is 1.52. The second-order valence-electron chi connectivity index (χ2n) is 3.67. The van der Waals surface area contributed by atoms with Crippen molar-refractivity contribution in [3.63, 3.8) is 0 Å². The van der Waals surface area contributed by atoms with E-state index >= 15 is 0 Å². The molecule has 0 aromatic heterocycles. The lowest BCUT2D eigenvalue weighted by Gasteiger charge is -2.16. The lowest BCUT2D eigenvalue weighted by Crippen LogP contribution is -2.35. The number of methoxy groups -OCH3 is 2. The second-order valence-corrected chi connectivity index (χ2v) is 4.11. The third-order valence-electron chi connectivity index (χ3n) is 2.41. The van der Waals surface area contributed by atoms with Crippen molar-refractivity contribution in [1.82, 2.24) is 5.32 Å². The number of aliphatic hydroxyl groups excluding tert-OH is 1. The zero-order valence-corrected chi connectivity index (χ0v) is 10.8. The molecule has 0 aliphatic heterocycles. The SMILES string of the molecule is COCC(CO)NCc1cc(Cl)ccc1OC. The Bertz CT molecular complexity index is 347. The van der Waals surface area contributed by atoms with E-state index in [4.69, 9.17) is 26.2 Å². The van der Waals surface area contributed by atoms with Crippen LogP contribution in [0.5, 0.6) is 5.75 Å². The second kappa shape index (κ2) is 7.50. The summed E-state index contributed by atoms with van der Waals surface area (Å²) in [6.07, 6.45) is 0. The Morgan fingerprint density at radius 3 is 2.76 bits per heavy atom. The average molecular weight is 260 g/mol. The van der Waals surface area contributed by atoms with E-state index in [-0.39, 0.29) is 12.6 Å². The minimum atomic E-state index is -0.0938. The molecule has 0 amide bonds. The molecule has 1 atom stereocenters. The zero-order valence-electron chi connectivity index (χ0n) is 10.1. The van der Waals surface area contributed by atoms with Gasteiger partial charge in [-0.05, 0) is 18.2 Å². The molecule has 0 radical (unpaired) electrons. The van der Waals surface area contributed by atoms with Gasteiger partial charge in [0.25, 0.3) is 0 Å². The van der Waals surface area contributed by atoms with E-state index < -0.39 is 0 Å². The van der Waals surface area contributed by atoms with Crippen LogP contribution < -0.4 is 10.1 Å². The molecule has 1 aromatic carbocycles. The lowest BCUT2D eigenvalue weighted by atomic mass is 10.2. The van der Waals surface area contributed by atoms with Crippen LogP contribution in [0.2, 0.25) is 5.02 Å². The molecular formula is C12H18ClNO3. The molecule has 1 aromatic rings. The smallest absolute Gasteiger partial charge is 0.123 e. The number of ether oxygens (including phenoxy) is 2. The van der Waals surface area contributed by atoms with E-state index in [9.17, 15) is 0 Å². The summed E-state index contributed by atoms with van der Waals surface area (Å²) in [7, 11) is 3.22. The van der Waals surface area contributed by atoms with Crippen LogP contribution in [0, 0.1) is 0 Å². The molecule has 0 heterocycles. The van der Waals surface area contributed by atoms with Gasteiger partial charge in [0.2, 0.25) is 0 Å². The normalized spacial score (nSPS) is 12.5. The van der Waals surface area contributed by atoms with Crippen LogP contribution in [-0.2, 0) is 11.3 Å². The van der Waals surface area contributed by atoms with Gasteiger partial charge in [-0.2, -0.15) is 0 Å². The molecule has 5 heteroatoms. The highest BCUT2D eigenvalue weighted by molar-refractivity contribution is 6.30.